The molecular formula is C4H9NNa2O7S2. The first kappa shape index (κ1) is 22.9. The zero-order valence-corrected chi connectivity index (χ0v) is 14.6. The van der Waals surface area contributed by atoms with E-state index in [1.54, 1.807) is 0 Å². The molecular weight excluding hydrogens is 284 g/mol. The molecule has 0 spiro atoms. The first-order valence-corrected chi connectivity index (χ1v) is 6.56. The van der Waals surface area contributed by atoms with Gasteiger partial charge in [0.25, 0.3) is 0 Å². The average Bonchev–Trinajstić information content (AvgIpc) is 1.94. The number of hydroxylamine groups is 2. The topological polar surface area (TPSA) is 138 Å². The molecule has 0 atom stereocenters. The van der Waals surface area contributed by atoms with Crippen molar-refractivity contribution in [3.05, 3.63) is 0 Å². The maximum Gasteiger partial charge on any atom is 1.00 e. The molecule has 0 fully saturated rings. The third kappa shape index (κ3) is 18.1. The van der Waals surface area contributed by atoms with E-state index in [2.05, 4.69) is 0 Å². The van der Waals surface area contributed by atoms with Crippen LogP contribution in [0.3, 0.4) is 0 Å². The molecule has 0 aliphatic heterocycles. The monoisotopic (exact) mass is 293 g/mol. The van der Waals surface area contributed by atoms with E-state index in [1.165, 1.54) is 0 Å². The van der Waals surface area contributed by atoms with Crippen molar-refractivity contribution in [1.29, 1.82) is 0 Å². The predicted molar refractivity (Wildman–Crippen MR) is 42.5 cm³/mol. The fourth-order valence-corrected chi connectivity index (χ4v) is 1.41. The molecule has 0 radical (unpaired) electrons. The number of nitrogens with zero attached hydrogens (tertiary/aromatic N) is 1. The summed E-state index contributed by atoms with van der Waals surface area (Å²) in [6.07, 6.45) is 0. The Bertz CT molecular complexity index is 330. The van der Waals surface area contributed by atoms with Crippen LogP contribution in [0.2, 0.25) is 0 Å². The van der Waals surface area contributed by atoms with Crippen LogP contribution in [0, 0.1) is 0 Å². The molecule has 0 unspecified atom stereocenters. The van der Waals surface area contributed by atoms with Gasteiger partial charge in [-0.05, 0) is 0 Å². The average molecular weight is 293 g/mol. The first-order chi connectivity index (χ1) is 6.10. The predicted octanol–water partition coefficient (Wildman–Crippen LogP) is -8.22. The third-order valence-electron chi connectivity index (χ3n) is 1.20. The van der Waals surface area contributed by atoms with Crippen molar-refractivity contribution < 1.29 is 90.3 Å². The summed E-state index contributed by atoms with van der Waals surface area (Å²) in [4.78, 5) is 0. The van der Waals surface area contributed by atoms with Gasteiger partial charge in [-0.3, -0.25) is 0 Å². The molecule has 0 rings (SSSR count). The van der Waals surface area contributed by atoms with E-state index in [9.17, 15) is 25.9 Å². The summed E-state index contributed by atoms with van der Waals surface area (Å²) in [5.74, 6) is -1.69. The van der Waals surface area contributed by atoms with Crippen LogP contribution in [-0.4, -0.2) is 60.8 Å². The van der Waals surface area contributed by atoms with E-state index in [-0.39, 0.29) is 59.1 Å². The smallest absolute Gasteiger partial charge is 0.748 e. The summed E-state index contributed by atoms with van der Waals surface area (Å²) in [7, 11) is -8.90. The zero-order valence-electron chi connectivity index (χ0n) is 8.99. The van der Waals surface area contributed by atoms with Crippen molar-refractivity contribution in [3.63, 3.8) is 0 Å². The van der Waals surface area contributed by atoms with Crippen LogP contribution in [-0.2, 0) is 20.2 Å². The molecule has 12 heteroatoms. The van der Waals surface area contributed by atoms with Crippen LogP contribution in [0.5, 0.6) is 0 Å². The molecule has 0 saturated carbocycles. The van der Waals surface area contributed by atoms with Crippen molar-refractivity contribution in [2.75, 3.05) is 24.6 Å². The molecule has 8 nitrogen and oxygen atoms in total. The Hall–Kier alpha value is 1.74. The Kier molecular flexibility index (Phi) is 13.8. The molecule has 0 bridgehead atoms. The van der Waals surface area contributed by atoms with Gasteiger partial charge in [0.05, 0.1) is 31.7 Å². The normalized spacial score (nSPS) is 11.8. The van der Waals surface area contributed by atoms with Gasteiger partial charge in [0, 0.05) is 13.1 Å². The second-order valence-corrected chi connectivity index (χ2v) is 5.52. The van der Waals surface area contributed by atoms with Gasteiger partial charge in [-0.25, -0.2) is 16.8 Å². The largest absolute Gasteiger partial charge is 1.00 e. The Morgan fingerprint density at radius 2 is 1.12 bits per heavy atom. The number of hydrogen-bond donors (Lipinski definition) is 1. The van der Waals surface area contributed by atoms with E-state index in [0.29, 0.717) is 5.06 Å². The molecule has 0 amide bonds. The fourth-order valence-electron chi connectivity index (χ4n) is 0.546. The van der Waals surface area contributed by atoms with E-state index >= 15 is 0 Å². The maximum absolute atomic E-state index is 10.1. The van der Waals surface area contributed by atoms with Gasteiger partial charge in [-0.2, -0.15) is 5.06 Å². The fraction of sp³-hybridized carbons (Fsp3) is 1.00. The summed E-state index contributed by atoms with van der Waals surface area (Å²) in [6, 6.07) is 0. The van der Waals surface area contributed by atoms with E-state index in [0.717, 1.165) is 0 Å². The Balaban J connectivity index is -0.000000845. The summed E-state index contributed by atoms with van der Waals surface area (Å²) in [6.45, 7) is -1.05. The minimum atomic E-state index is -4.45. The standard InChI is InChI=1S/C4H11NO7S2.2Na/c6-5(1-3-13(7,8)9)2-4-14(10,11)12;;/h6H,1-4H2,(H,7,8,9)(H,10,11,12);;/q;2*+1/p-2. The van der Waals surface area contributed by atoms with Crippen LogP contribution in [0.1, 0.15) is 0 Å². The SMILES string of the molecule is O=S(=O)([O-])CCN(O)CCS(=O)(=O)[O-].[Na+].[Na+]. The van der Waals surface area contributed by atoms with Gasteiger partial charge in [0.15, 0.2) is 0 Å². The van der Waals surface area contributed by atoms with E-state index in [1.807, 2.05) is 0 Å². The molecule has 0 aromatic carbocycles. The van der Waals surface area contributed by atoms with Crippen LogP contribution < -0.4 is 59.1 Å². The van der Waals surface area contributed by atoms with Crippen LogP contribution in [0.25, 0.3) is 0 Å². The van der Waals surface area contributed by atoms with Crippen molar-refractivity contribution in [3.8, 4) is 0 Å². The molecule has 0 aromatic rings. The Morgan fingerprint density at radius 1 is 0.875 bits per heavy atom. The number of rotatable bonds is 6. The molecule has 16 heavy (non-hydrogen) atoms. The van der Waals surface area contributed by atoms with E-state index < -0.39 is 44.8 Å². The Morgan fingerprint density at radius 3 is 1.31 bits per heavy atom. The molecule has 0 heterocycles. The maximum atomic E-state index is 10.1. The van der Waals surface area contributed by atoms with Crippen molar-refractivity contribution in [2.45, 2.75) is 0 Å². The second kappa shape index (κ2) is 9.64. The molecule has 1 N–H and O–H groups in total. The minimum Gasteiger partial charge on any atom is -0.748 e. The molecule has 0 saturated heterocycles. The van der Waals surface area contributed by atoms with Gasteiger partial charge in [-0.1, -0.05) is 0 Å². The first-order valence-electron chi connectivity index (χ1n) is 3.41. The zero-order chi connectivity index (χ0) is 11.4. The van der Waals surface area contributed by atoms with Crippen LogP contribution in [0.4, 0.5) is 0 Å². The van der Waals surface area contributed by atoms with Gasteiger partial charge >= 0.3 is 59.1 Å². The van der Waals surface area contributed by atoms with Crippen LogP contribution >= 0.6 is 0 Å². The van der Waals surface area contributed by atoms with E-state index in [4.69, 9.17) is 5.21 Å². The number of hydrogen-bond acceptors (Lipinski definition) is 8. The molecule has 86 valence electrons. The summed E-state index contributed by atoms with van der Waals surface area (Å²) < 4.78 is 60.4. The molecule has 0 aromatic heterocycles. The van der Waals surface area contributed by atoms with Crippen molar-refractivity contribution >= 4 is 20.2 Å². The minimum absolute atomic E-state index is 0. The van der Waals surface area contributed by atoms with Gasteiger partial charge in [-0.15, -0.1) is 0 Å². The van der Waals surface area contributed by atoms with Gasteiger partial charge < -0.3 is 14.3 Å². The molecule has 0 aliphatic rings. The molecule has 0 aliphatic carbocycles. The second-order valence-electron chi connectivity index (χ2n) is 2.48. The quantitative estimate of drug-likeness (QED) is 0.289. The summed E-state index contributed by atoms with van der Waals surface area (Å²) >= 11 is 0. The van der Waals surface area contributed by atoms with Crippen molar-refractivity contribution in [1.82, 2.24) is 5.06 Å². The van der Waals surface area contributed by atoms with Crippen molar-refractivity contribution in [2.24, 2.45) is 0 Å². The summed E-state index contributed by atoms with van der Waals surface area (Å²) in [5.41, 5.74) is 0. The van der Waals surface area contributed by atoms with Crippen LogP contribution in [0.15, 0.2) is 0 Å². The third-order valence-corrected chi connectivity index (χ3v) is 2.56. The Labute approximate surface area is 138 Å². The summed E-state index contributed by atoms with van der Waals surface area (Å²) in [5, 5.41) is 9.10. The van der Waals surface area contributed by atoms with Gasteiger partial charge in [0.1, 0.15) is 0 Å². The van der Waals surface area contributed by atoms with Gasteiger partial charge in [0.2, 0.25) is 0 Å².